The van der Waals surface area contributed by atoms with Gasteiger partial charge in [0.15, 0.2) is 0 Å². The summed E-state index contributed by atoms with van der Waals surface area (Å²) in [7, 11) is 0. The molecule has 3 rings (SSSR count). The molecule has 0 bridgehead atoms. The molecule has 0 aromatic rings. The lowest BCUT2D eigenvalue weighted by Gasteiger charge is -2.31. The SMILES string of the molecule is C[C@H]1C[C@@H](C(=O)N2CCC(CN3CCCCC3)C2)CCN1. The minimum Gasteiger partial charge on any atom is -0.342 e. The van der Waals surface area contributed by atoms with Crippen molar-refractivity contribution in [2.45, 2.75) is 51.5 Å². The van der Waals surface area contributed by atoms with Gasteiger partial charge in [-0.05, 0) is 64.6 Å². The number of hydrogen-bond donors (Lipinski definition) is 1. The van der Waals surface area contributed by atoms with Crippen LogP contribution in [0.1, 0.15) is 45.4 Å². The van der Waals surface area contributed by atoms with Gasteiger partial charge in [0.2, 0.25) is 5.91 Å². The van der Waals surface area contributed by atoms with E-state index in [0.717, 1.165) is 32.5 Å². The van der Waals surface area contributed by atoms with Crippen LogP contribution in [0.15, 0.2) is 0 Å². The summed E-state index contributed by atoms with van der Waals surface area (Å²) in [5.41, 5.74) is 0. The molecule has 4 heteroatoms. The van der Waals surface area contributed by atoms with Crippen LogP contribution in [0.25, 0.3) is 0 Å². The second-order valence-electron chi connectivity index (χ2n) is 7.38. The van der Waals surface area contributed by atoms with Gasteiger partial charge in [-0.25, -0.2) is 0 Å². The molecule has 1 N–H and O–H groups in total. The number of amides is 1. The Balaban J connectivity index is 1.46. The Hall–Kier alpha value is -0.610. The summed E-state index contributed by atoms with van der Waals surface area (Å²) in [4.78, 5) is 17.5. The topological polar surface area (TPSA) is 35.6 Å². The fourth-order valence-corrected chi connectivity index (χ4v) is 4.30. The summed E-state index contributed by atoms with van der Waals surface area (Å²) >= 11 is 0. The van der Waals surface area contributed by atoms with E-state index in [4.69, 9.17) is 0 Å². The van der Waals surface area contributed by atoms with Crippen LogP contribution in [0.2, 0.25) is 0 Å². The molecule has 0 radical (unpaired) electrons. The van der Waals surface area contributed by atoms with Crippen molar-refractivity contribution in [2.75, 3.05) is 39.3 Å². The highest BCUT2D eigenvalue weighted by Gasteiger charge is 2.33. The van der Waals surface area contributed by atoms with E-state index in [9.17, 15) is 4.79 Å². The maximum atomic E-state index is 12.7. The zero-order valence-electron chi connectivity index (χ0n) is 13.5. The van der Waals surface area contributed by atoms with Gasteiger partial charge in [-0.15, -0.1) is 0 Å². The van der Waals surface area contributed by atoms with E-state index in [1.807, 2.05) is 0 Å². The van der Waals surface area contributed by atoms with Crippen LogP contribution in [-0.4, -0.2) is 61.0 Å². The van der Waals surface area contributed by atoms with Gasteiger partial charge < -0.3 is 15.1 Å². The predicted molar refractivity (Wildman–Crippen MR) is 85.2 cm³/mol. The number of likely N-dealkylation sites (tertiary alicyclic amines) is 2. The van der Waals surface area contributed by atoms with E-state index < -0.39 is 0 Å². The van der Waals surface area contributed by atoms with Gasteiger partial charge in [-0.3, -0.25) is 4.79 Å². The summed E-state index contributed by atoms with van der Waals surface area (Å²) in [5, 5.41) is 3.44. The molecule has 21 heavy (non-hydrogen) atoms. The first-order chi connectivity index (χ1) is 10.2. The molecule has 3 saturated heterocycles. The quantitative estimate of drug-likeness (QED) is 0.860. The Morgan fingerprint density at radius 3 is 2.71 bits per heavy atom. The lowest BCUT2D eigenvalue weighted by molar-refractivity contribution is -0.135. The molecular weight excluding hydrogens is 262 g/mol. The molecule has 3 atom stereocenters. The second-order valence-corrected chi connectivity index (χ2v) is 7.38. The van der Waals surface area contributed by atoms with Gasteiger partial charge >= 0.3 is 0 Å². The summed E-state index contributed by atoms with van der Waals surface area (Å²) in [5.74, 6) is 1.42. The Labute approximate surface area is 129 Å². The molecule has 0 aliphatic carbocycles. The van der Waals surface area contributed by atoms with E-state index in [-0.39, 0.29) is 5.92 Å². The van der Waals surface area contributed by atoms with Crippen molar-refractivity contribution in [3.8, 4) is 0 Å². The average molecular weight is 293 g/mol. The van der Waals surface area contributed by atoms with Crippen LogP contribution in [0.4, 0.5) is 0 Å². The van der Waals surface area contributed by atoms with Gasteiger partial charge in [0.25, 0.3) is 0 Å². The maximum Gasteiger partial charge on any atom is 0.225 e. The van der Waals surface area contributed by atoms with Gasteiger partial charge in [0.05, 0.1) is 0 Å². The molecule has 120 valence electrons. The molecule has 0 saturated carbocycles. The highest BCUT2D eigenvalue weighted by Crippen LogP contribution is 2.25. The minimum atomic E-state index is 0.273. The minimum absolute atomic E-state index is 0.273. The highest BCUT2D eigenvalue weighted by molar-refractivity contribution is 5.79. The van der Waals surface area contributed by atoms with Crippen molar-refractivity contribution < 1.29 is 4.79 Å². The third-order valence-corrected chi connectivity index (χ3v) is 5.54. The van der Waals surface area contributed by atoms with Gasteiger partial charge in [0.1, 0.15) is 0 Å². The van der Waals surface area contributed by atoms with Crippen LogP contribution in [-0.2, 0) is 4.79 Å². The van der Waals surface area contributed by atoms with Crippen LogP contribution < -0.4 is 5.32 Å². The third-order valence-electron chi connectivity index (χ3n) is 5.54. The first-order valence-electron chi connectivity index (χ1n) is 8.97. The first-order valence-corrected chi connectivity index (χ1v) is 8.97. The Morgan fingerprint density at radius 1 is 1.14 bits per heavy atom. The van der Waals surface area contributed by atoms with E-state index in [0.29, 0.717) is 17.9 Å². The number of carbonyl (C=O) groups is 1. The molecule has 1 amide bonds. The zero-order chi connectivity index (χ0) is 14.7. The van der Waals surface area contributed by atoms with Gasteiger partial charge in [-0.1, -0.05) is 6.42 Å². The van der Waals surface area contributed by atoms with Crippen LogP contribution in [0, 0.1) is 11.8 Å². The lowest BCUT2D eigenvalue weighted by atomic mass is 9.92. The van der Waals surface area contributed by atoms with Gasteiger partial charge in [0, 0.05) is 31.6 Å². The third kappa shape index (κ3) is 3.98. The van der Waals surface area contributed by atoms with E-state index in [1.54, 1.807) is 0 Å². The van der Waals surface area contributed by atoms with Crippen molar-refractivity contribution in [1.82, 2.24) is 15.1 Å². The summed E-state index contributed by atoms with van der Waals surface area (Å²) in [6.45, 7) is 8.97. The lowest BCUT2D eigenvalue weighted by Crippen LogP contribution is -2.44. The smallest absolute Gasteiger partial charge is 0.225 e. The molecule has 0 aromatic heterocycles. The van der Waals surface area contributed by atoms with Gasteiger partial charge in [-0.2, -0.15) is 0 Å². The molecule has 3 aliphatic rings. The standard InChI is InChI=1S/C17H31N3O/c1-14-11-16(5-7-18-14)17(21)20-10-6-15(13-20)12-19-8-3-2-4-9-19/h14-16,18H,2-13H2,1H3/t14-,15?,16-/m0/s1. The second kappa shape index (κ2) is 7.10. The first kappa shape index (κ1) is 15.3. The molecule has 3 fully saturated rings. The van der Waals surface area contributed by atoms with Crippen LogP contribution in [0.5, 0.6) is 0 Å². The van der Waals surface area contributed by atoms with Crippen molar-refractivity contribution >= 4 is 5.91 Å². The zero-order valence-corrected chi connectivity index (χ0v) is 13.5. The normalized spacial score (nSPS) is 35.1. The monoisotopic (exact) mass is 293 g/mol. The molecule has 4 nitrogen and oxygen atoms in total. The van der Waals surface area contributed by atoms with Crippen molar-refractivity contribution in [3.05, 3.63) is 0 Å². The largest absolute Gasteiger partial charge is 0.342 e. The number of piperidine rings is 2. The average Bonchev–Trinajstić information content (AvgIpc) is 2.96. The Kier molecular flexibility index (Phi) is 5.17. The molecule has 0 aromatic carbocycles. The predicted octanol–water partition coefficient (Wildman–Crippen LogP) is 1.71. The van der Waals surface area contributed by atoms with E-state index in [2.05, 4.69) is 22.0 Å². The van der Waals surface area contributed by atoms with Crippen LogP contribution >= 0.6 is 0 Å². The fourth-order valence-electron chi connectivity index (χ4n) is 4.30. The summed E-state index contributed by atoms with van der Waals surface area (Å²) in [6, 6.07) is 0.499. The number of nitrogens with one attached hydrogen (secondary N) is 1. The molecular formula is C17H31N3O. The Morgan fingerprint density at radius 2 is 1.95 bits per heavy atom. The molecule has 3 aliphatic heterocycles. The Bertz CT molecular complexity index is 354. The van der Waals surface area contributed by atoms with E-state index in [1.165, 1.54) is 45.3 Å². The number of rotatable bonds is 3. The van der Waals surface area contributed by atoms with Crippen molar-refractivity contribution in [1.29, 1.82) is 0 Å². The molecule has 3 heterocycles. The number of carbonyl (C=O) groups excluding carboxylic acids is 1. The highest BCUT2D eigenvalue weighted by atomic mass is 16.2. The van der Waals surface area contributed by atoms with Crippen molar-refractivity contribution in [2.24, 2.45) is 11.8 Å². The number of hydrogen-bond acceptors (Lipinski definition) is 3. The summed E-state index contributed by atoms with van der Waals surface area (Å²) < 4.78 is 0. The fraction of sp³-hybridized carbons (Fsp3) is 0.941. The van der Waals surface area contributed by atoms with Crippen molar-refractivity contribution in [3.63, 3.8) is 0 Å². The van der Waals surface area contributed by atoms with E-state index >= 15 is 0 Å². The van der Waals surface area contributed by atoms with Crippen LogP contribution in [0.3, 0.4) is 0 Å². The summed E-state index contributed by atoms with van der Waals surface area (Å²) in [6.07, 6.45) is 7.38. The molecule has 1 unspecified atom stereocenters. The molecule has 0 spiro atoms. The maximum absolute atomic E-state index is 12.7. The number of nitrogens with zero attached hydrogens (tertiary/aromatic N) is 2.